The maximum atomic E-state index is 13.3. The van der Waals surface area contributed by atoms with E-state index in [1.54, 1.807) is 11.0 Å². The highest BCUT2D eigenvalue weighted by Crippen LogP contribution is 2.37. The minimum atomic E-state index is -0.321. The van der Waals surface area contributed by atoms with Gasteiger partial charge in [-0.3, -0.25) is 9.69 Å². The molecule has 3 aromatic rings. The molecule has 0 spiro atoms. The summed E-state index contributed by atoms with van der Waals surface area (Å²) in [6.45, 7) is 0. The Hall–Kier alpha value is -2.27. The molecule has 3 nitrogen and oxygen atoms in total. The van der Waals surface area contributed by atoms with Gasteiger partial charge in [0.1, 0.15) is 0 Å². The fraction of sp³-hybridized carbons (Fsp3) is 0.0909. The smallest absolute Gasteiger partial charge is 0.247 e. The first-order valence-electron chi connectivity index (χ1n) is 8.76. The van der Waals surface area contributed by atoms with Crippen molar-refractivity contribution in [3.8, 4) is 0 Å². The summed E-state index contributed by atoms with van der Waals surface area (Å²) >= 11 is 13.9. The monoisotopic (exact) mass is 426 g/mol. The van der Waals surface area contributed by atoms with Crippen LogP contribution in [0.1, 0.15) is 5.56 Å². The Balaban J connectivity index is 1.70. The number of carbonyl (C=O) groups excluding carboxylic acids is 1. The van der Waals surface area contributed by atoms with Gasteiger partial charge in [0.2, 0.25) is 5.91 Å². The van der Waals surface area contributed by atoms with Crippen molar-refractivity contribution in [3.63, 3.8) is 0 Å². The molecule has 4 rings (SSSR count). The summed E-state index contributed by atoms with van der Waals surface area (Å²) in [5.74, 6) is -0.0121. The number of amides is 1. The van der Waals surface area contributed by atoms with Gasteiger partial charge in [-0.1, -0.05) is 83.5 Å². The Morgan fingerprint density at radius 2 is 1.57 bits per heavy atom. The topological polar surface area (TPSA) is 32.7 Å². The lowest BCUT2D eigenvalue weighted by Gasteiger charge is -2.16. The van der Waals surface area contributed by atoms with E-state index in [2.05, 4.69) is 0 Å². The molecular formula is C22H16Cl2N2OS. The van der Waals surface area contributed by atoms with E-state index in [1.807, 2.05) is 72.8 Å². The molecule has 3 aromatic carbocycles. The zero-order chi connectivity index (χ0) is 19.5. The Morgan fingerprint density at radius 3 is 2.29 bits per heavy atom. The number of anilines is 1. The maximum absolute atomic E-state index is 13.3. The van der Waals surface area contributed by atoms with Crippen molar-refractivity contribution in [2.45, 2.75) is 11.7 Å². The summed E-state index contributed by atoms with van der Waals surface area (Å²) in [5, 5.41) is 1.33. The number of halogens is 2. The Labute approximate surface area is 178 Å². The zero-order valence-corrected chi connectivity index (χ0v) is 17.1. The highest BCUT2D eigenvalue weighted by molar-refractivity contribution is 8.16. The van der Waals surface area contributed by atoms with Gasteiger partial charge in [-0.05, 0) is 42.3 Å². The molecule has 0 saturated carbocycles. The van der Waals surface area contributed by atoms with Gasteiger partial charge >= 0.3 is 0 Å². The lowest BCUT2D eigenvalue weighted by Crippen LogP contribution is -2.32. The molecule has 1 atom stereocenters. The van der Waals surface area contributed by atoms with Gasteiger partial charge in [0.25, 0.3) is 0 Å². The van der Waals surface area contributed by atoms with Crippen LogP contribution in [0.3, 0.4) is 0 Å². The van der Waals surface area contributed by atoms with Crippen molar-refractivity contribution in [1.82, 2.24) is 0 Å². The molecule has 1 aliphatic rings. The van der Waals surface area contributed by atoms with E-state index in [1.165, 1.54) is 11.8 Å². The highest BCUT2D eigenvalue weighted by atomic mass is 35.5. The highest BCUT2D eigenvalue weighted by Gasteiger charge is 2.39. The quantitative estimate of drug-likeness (QED) is 0.485. The van der Waals surface area contributed by atoms with E-state index in [9.17, 15) is 4.79 Å². The molecule has 140 valence electrons. The minimum absolute atomic E-state index is 0.0121. The number of hydrogen-bond donors (Lipinski definition) is 0. The molecule has 0 N–H and O–H groups in total. The molecule has 28 heavy (non-hydrogen) atoms. The molecule has 1 amide bonds. The third kappa shape index (κ3) is 3.95. The van der Waals surface area contributed by atoms with E-state index in [0.717, 1.165) is 16.9 Å². The van der Waals surface area contributed by atoms with E-state index < -0.39 is 0 Å². The van der Waals surface area contributed by atoms with Crippen LogP contribution in [0.25, 0.3) is 0 Å². The van der Waals surface area contributed by atoms with E-state index in [-0.39, 0.29) is 11.2 Å². The second kappa shape index (κ2) is 8.39. The van der Waals surface area contributed by atoms with E-state index >= 15 is 0 Å². The average molecular weight is 427 g/mol. The molecule has 0 aliphatic carbocycles. The molecule has 0 aromatic heterocycles. The number of carbonyl (C=O) groups is 1. The summed E-state index contributed by atoms with van der Waals surface area (Å²) < 4.78 is 0. The molecule has 0 bridgehead atoms. The zero-order valence-electron chi connectivity index (χ0n) is 14.8. The normalized spacial score (nSPS) is 18.1. The number of benzene rings is 3. The second-order valence-corrected chi connectivity index (χ2v) is 8.22. The average Bonchev–Trinajstić information content (AvgIpc) is 3.02. The van der Waals surface area contributed by atoms with Crippen LogP contribution in [0.5, 0.6) is 0 Å². The molecule has 1 saturated heterocycles. The van der Waals surface area contributed by atoms with Gasteiger partial charge in [-0.15, -0.1) is 0 Å². The molecule has 6 heteroatoms. The minimum Gasteiger partial charge on any atom is -0.273 e. The van der Waals surface area contributed by atoms with Crippen molar-refractivity contribution in [2.24, 2.45) is 4.99 Å². The first kappa shape index (κ1) is 19.1. The van der Waals surface area contributed by atoms with Crippen molar-refractivity contribution in [1.29, 1.82) is 0 Å². The maximum Gasteiger partial charge on any atom is 0.247 e. The number of rotatable bonds is 4. The van der Waals surface area contributed by atoms with Crippen LogP contribution >= 0.6 is 35.0 Å². The number of hydrogen-bond acceptors (Lipinski definition) is 3. The number of aliphatic imine (C=N–C) groups is 1. The third-order valence-electron chi connectivity index (χ3n) is 4.37. The first-order chi connectivity index (χ1) is 13.6. The SMILES string of the molecule is O=C1C(Cc2cccc(Cl)c2Cl)SC(=Nc2ccccc2)N1c1ccccc1. The van der Waals surface area contributed by atoms with Gasteiger partial charge in [0.15, 0.2) is 5.17 Å². The standard InChI is InChI=1S/C22H16Cl2N2OS/c23-18-13-7-8-15(20(18)24)14-19-21(27)26(17-11-5-2-6-12-17)22(28-19)25-16-9-3-1-4-10-16/h1-13,19H,14H2. The third-order valence-corrected chi connectivity index (χ3v) is 6.36. The second-order valence-electron chi connectivity index (χ2n) is 6.26. The van der Waals surface area contributed by atoms with E-state index in [0.29, 0.717) is 21.6 Å². The lowest BCUT2D eigenvalue weighted by atomic mass is 10.1. The predicted octanol–water partition coefficient (Wildman–Crippen LogP) is 6.37. The van der Waals surface area contributed by atoms with Gasteiger partial charge < -0.3 is 0 Å². The van der Waals surface area contributed by atoms with Crippen LogP contribution in [0.4, 0.5) is 11.4 Å². The summed E-state index contributed by atoms with van der Waals surface area (Å²) in [7, 11) is 0. The summed E-state index contributed by atoms with van der Waals surface area (Å²) in [6, 6.07) is 24.7. The van der Waals surface area contributed by atoms with Gasteiger partial charge in [-0.2, -0.15) is 0 Å². The van der Waals surface area contributed by atoms with Crippen LogP contribution in [-0.2, 0) is 11.2 Å². The molecule has 1 fully saturated rings. The van der Waals surface area contributed by atoms with Gasteiger partial charge in [0, 0.05) is 0 Å². The van der Waals surface area contributed by atoms with Crippen molar-refractivity contribution >= 4 is 57.4 Å². The van der Waals surface area contributed by atoms with Crippen LogP contribution < -0.4 is 4.90 Å². The summed E-state index contributed by atoms with van der Waals surface area (Å²) in [5.41, 5.74) is 2.46. The summed E-state index contributed by atoms with van der Waals surface area (Å²) in [6.07, 6.45) is 0.486. The van der Waals surface area contributed by atoms with Gasteiger partial charge in [0.05, 0.1) is 26.7 Å². The number of para-hydroxylation sites is 2. The van der Waals surface area contributed by atoms with E-state index in [4.69, 9.17) is 28.2 Å². The predicted molar refractivity (Wildman–Crippen MR) is 119 cm³/mol. The Bertz CT molecular complexity index is 1030. The number of thioether (sulfide) groups is 1. The van der Waals surface area contributed by atoms with Crippen LogP contribution in [0.15, 0.2) is 83.9 Å². The van der Waals surface area contributed by atoms with Crippen molar-refractivity contribution < 1.29 is 4.79 Å². The van der Waals surface area contributed by atoms with Crippen LogP contribution in [0, 0.1) is 0 Å². The van der Waals surface area contributed by atoms with Crippen LogP contribution in [0.2, 0.25) is 10.0 Å². The molecule has 1 aliphatic heterocycles. The van der Waals surface area contributed by atoms with Gasteiger partial charge in [-0.25, -0.2) is 4.99 Å². The Kier molecular flexibility index (Phi) is 5.72. The molecule has 1 unspecified atom stereocenters. The molecule has 1 heterocycles. The lowest BCUT2D eigenvalue weighted by molar-refractivity contribution is -0.116. The number of nitrogens with zero attached hydrogens (tertiary/aromatic N) is 2. The van der Waals surface area contributed by atoms with Crippen molar-refractivity contribution in [2.75, 3.05) is 4.90 Å². The number of amidine groups is 1. The van der Waals surface area contributed by atoms with Crippen LogP contribution in [-0.4, -0.2) is 16.3 Å². The Morgan fingerprint density at radius 1 is 0.893 bits per heavy atom. The fourth-order valence-corrected chi connectivity index (χ4v) is 4.59. The summed E-state index contributed by atoms with van der Waals surface area (Å²) in [4.78, 5) is 19.7. The molecular weight excluding hydrogens is 411 g/mol. The largest absolute Gasteiger partial charge is 0.273 e. The molecule has 0 radical (unpaired) electrons. The first-order valence-corrected chi connectivity index (χ1v) is 10.4. The van der Waals surface area contributed by atoms with Crippen molar-refractivity contribution in [3.05, 3.63) is 94.5 Å². The fourth-order valence-electron chi connectivity index (χ4n) is 3.01.